The molecule has 1 aromatic heterocycles. The second-order valence-electron chi connectivity index (χ2n) is 9.02. The molecule has 1 aromatic carbocycles. The molecule has 3 amide bonds. The van der Waals surface area contributed by atoms with E-state index in [1.54, 1.807) is 20.0 Å². The number of alkyl halides is 3. The lowest BCUT2D eigenvalue weighted by atomic mass is 9.82. The van der Waals surface area contributed by atoms with Gasteiger partial charge in [-0.3, -0.25) is 9.78 Å². The number of hydrogen-bond donors (Lipinski definition) is 0. The molecule has 1 aliphatic carbocycles. The van der Waals surface area contributed by atoms with Crippen LogP contribution in [0.1, 0.15) is 63.0 Å². The minimum absolute atomic E-state index is 0.192. The number of carbonyl (C=O) groups excluding carboxylic acids is 2. The average molecular weight is 461 g/mol. The summed E-state index contributed by atoms with van der Waals surface area (Å²) in [5, 5.41) is 0. The van der Waals surface area contributed by atoms with E-state index in [-0.39, 0.29) is 12.2 Å². The summed E-state index contributed by atoms with van der Waals surface area (Å²) in [7, 11) is 0. The van der Waals surface area contributed by atoms with E-state index < -0.39 is 29.6 Å². The highest BCUT2D eigenvalue weighted by molar-refractivity contribution is 6.22. The van der Waals surface area contributed by atoms with E-state index in [0.29, 0.717) is 5.92 Å². The van der Waals surface area contributed by atoms with Gasteiger partial charge >= 0.3 is 12.4 Å². The number of pyridine rings is 1. The molecule has 0 bridgehead atoms. The van der Waals surface area contributed by atoms with Gasteiger partial charge in [0.05, 0.1) is 5.69 Å². The van der Waals surface area contributed by atoms with Crippen LogP contribution in [0.5, 0.6) is 5.75 Å². The minimum atomic E-state index is -4.82. The predicted octanol–water partition coefficient (Wildman–Crippen LogP) is 5.78. The van der Waals surface area contributed by atoms with E-state index >= 15 is 0 Å². The highest BCUT2D eigenvalue weighted by Crippen LogP contribution is 2.38. The lowest BCUT2D eigenvalue weighted by molar-refractivity contribution is -0.274. The monoisotopic (exact) mass is 461 g/mol. The van der Waals surface area contributed by atoms with Gasteiger partial charge in [-0.2, -0.15) is 0 Å². The third-order valence-corrected chi connectivity index (χ3v) is 6.47. The topological polar surface area (TPSA) is 62.7 Å². The number of aromatic nitrogens is 1. The first-order valence-electron chi connectivity index (χ1n) is 11.0. The van der Waals surface area contributed by atoms with Gasteiger partial charge in [0.2, 0.25) is 0 Å². The van der Waals surface area contributed by atoms with Gasteiger partial charge < -0.3 is 9.64 Å². The first-order valence-corrected chi connectivity index (χ1v) is 11.0. The summed E-state index contributed by atoms with van der Waals surface area (Å²) in [6, 6.07) is 6.10. The van der Waals surface area contributed by atoms with Crippen LogP contribution < -0.4 is 9.64 Å². The van der Waals surface area contributed by atoms with Gasteiger partial charge in [0.15, 0.2) is 0 Å². The van der Waals surface area contributed by atoms with E-state index in [1.807, 2.05) is 12.3 Å². The standard InChI is InChI=1S/C24H26F3N3O3/c1-23(2)21(31)30(18-8-10-19(11-9-18)33-24(25,26)27)22(32)29(23)15-17-12-13-28-14-20(17)16-6-4-3-5-7-16/h8-14,16H,3-7,15H2,1-2H3. The number of ether oxygens (including phenoxy) is 1. The lowest BCUT2D eigenvalue weighted by Crippen LogP contribution is -2.43. The molecule has 0 radical (unpaired) electrons. The maximum Gasteiger partial charge on any atom is 0.573 e. The average Bonchev–Trinajstić information content (AvgIpc) is 2.94. The molecule has 2 aromatic rings. The molecule has 2 aliphatic rings. The van der Waals surface area contributed by atoms with Crippen LogP contribution in [-0.4, -0.2) is 33.7 Å². The van der Waals surface area contributed by atoms with Gasteiger partial charge in [0.1, 0.15) is 11.3 Å². The molecule has 33 heavy (non-hydrogen) atoms. The molecule has 1 aliphatic heterocycles. The lowest BCUT2D eigenvalue weighted by Gasteiger charge is -2.30. The Morgan fingerprint density at radius 3 is 2.36 bits per heavy atom. The molecular formula is C24H26F3N3O3. The third-order valence-electron chi connectivity index (χ3n) is 6.47. The first-order chi connectivity index (χ1) is 15.6. The predicted molar refractivity (Wildman–Crippen MR) is 116 cm³/mol. The number of imide groups is 1. The number of benzene rings is 1. The van der Waals surface area contributed by atoms with Crippen LogP contribution in [0.4, 0.5) is 23.7 Å². The highest BCUT2D eigenvalue weighted by atomic mass is 19.4. The van der Waals surface area contributed by atoms with Gasteiger partial charge in [-0.05, 0) is 74.1 Å². The Bertz CT molecular complexity index is 1030. The van der Waals surface area contributed by atoms with E-state index in [4.69, 9.17) is 0 Å². The van der Waals surface area contributed by atoms with Crippen molar-refractivity contribution in [3.8, 4) is 5.75 Å². The van der Waals surface area contributed by atoms with Crippen molar-refractivity contribution >= 4 is 17.6 Å². The molecule has 1 saturated heterocycles. The molecule has 0 spiro atoms. The Hall–Kier alpha value is -3.10. The first kappa shape index (κ1) is 23.1. The Kier molecular flexibility index (Phi) is 6.07. The minimum Gasteiger partial charge on any atom is -0.406 e. The zero-order valence-corrected chi connectivity index (χ0v) is 18.6. The Morgan fingerprint density at radius 1 is 1.06 bits per heavy atom. The van der Waals surface area contributed by atoms with Gasteiger partial charge in [0, 0.05) is 18.9 Å². The molecule has 176 valence electrons. The number of rotatable bonds is 5. The molecule has 2 heterocycles. The fraction of sp³-hybridized carbons (Fsp3) is 0.458. The number of urea groups is 1. The van der Waals surface area contributed by atoms with Crippen LogP contribution >= 0.6 is 0 Å². The second kappa shape index (κ2) is 8.68. The summed E-state index contributed by atoms with van der Waals surface area (Å²) in [6.45, 7) is 3.60. The number of anilines is 1. The van der Waals surface area contributed by atoms with Gasteiger partial charge in [-0.25, -0.2) is 9.69 Å². The second-order valence-corrected chi connectivity index (χ2v) is 9.02. The summed E-state index contributed by atoms with van der Waals surface area (Å²) in [5.41, 5.74) is 1.14. The van der Waals surface area contributed by atoms with Crippen LogP contribution in [0.15, 0.2) is 42.7 Å². The number of halogens is 3. The SMILES string of the molecule is CC1(C)C(=O)N(c2ccc(OC(F)(F)F)cc2)C(=O)N1Cc1ccncc1C1CCCCC1. The quantitative estimate of drug-likeness (QED) is 0.530. The van der Waals surface area contributed by atoms with Crippen LogP contribution in [-0.2, 0) is 11.3 Å². The summed E-state index contributed by atoms with van der Waals surface area (Å²) in [6.07, 6.45) is 4.42. The number of hydrogen-bond acceptors (Lipinski definition) is 4. The Labute approximate surface area is 190 Å². The van der Waals surface area contributed by atoms with Crippen LogP contribution in [0.2, 0.25) is 0 Å². The number of amides is 3. The summed E-state index contributed by atoms with van der Waals surface area (Å²) < 4.78 is 41.2. The van der Waals surface area contributed by atoms with Crippen LogP contribution in [0, 0.1) is 0 Å². The molecule has 9 heteroatoms. The van der Waals surface area contributed by atoms with Crippen molar-refractivity contribution in [2.24, 2.45) is 0 Å². The molecule has 2 fully saturated rings. The highest BCUT2D eigenvalue weighted by Gasteiger charge is 2.52. The van der Waals surface area contributed by atoms with E-state index in [1.165, 1.54) is 23.5 Å². The Morgan fingerprint density at radius 2 is 1.73 bits per heavy atom. The van der Waals surface area contributed by atoms with Crippen LogP contribution in [0.25, 0.3) is 0 Å². The largest absolute Gasteiger partial charge is 0.573 e. The normalized spacial score (nSPS) is 19.3. The summed E-state index contributed by atoms with van der Waals surface area (Å²) in [5.74, 6) is -0.475. The van der Waals surface area contributed by atoms with E-state index in [9.17, 15) is 22.8 Å². The van der Waals surface area contributed by atoms with E-state index in [0.717, 1.165) is 53.8 Å². The van der Waals surface area contributed by atoms with Crippen molar-refractivity contribution in [1.82, 2.24) is 9.88 Å². The molecule has 1 saturated carbocycles. The van der Waals surface area contributed by atoms with Crippen molar-refractivity contribution in [3.63, 3.8) is 0 Å². The van der Waals surface area contributed by atoms with Crippen molar-refractivity contribution < 1.29 is 27.5 Å². The van der Waals surface area contributed by atoms with Gasteiger partial charge in [0.25, 0.3) is 5.91 Å². The third kappa shape index (κ3) is 4.67. The summed E-state index contributed by atoms with van der Waals surface area (Å²) >= 11 is 0. The number of carbonyl (C=O) groups is 2. The van der Waals surface area contributed by atoms with Crippen molar-refractivity contribution in [2.45, 2.75) is 70.3 Å². The molecular weight excluding hydrogens is 435 g/mol. The molecule has 0 atom stereocenters. The maximum absolute atomic E-state index is 13.3. The van der Waals surface area contributed by atoms with Gasteiger partial charge in [-0.15, -0.1) is 13.2 Å². The van der Waals surface area contributed by atoms with E-state index in [2.05, 4.69) is 9.72 Å². The maximum atomic E-state index is 13.3. The molecule has 4 rings (SSSR count). The van der Waals surface area contributed by atoms with Gasteiger partial charge in [-0.1, -0.05) is 19.3 Å². The molecule has 0 unspecified atom stereocenters. The van der Waals surface area contributed by atoms with Crippen LogP contribution in [0.3, 0.4) is 0 Å². The zero-order valence-electron chi connectivity index (χ0n) is 18.6. The summed E-state index contributed by atoms with van der Waals surface area (Å²) in [4.78, 5) is 33.3. The Balaban J connectivity index is 1.59. The van der Waals surface area contributed by atoms with Crippen molar-refractivity contribution in [1.29, 1.82) is 0 Å². The smallest absolute Gasteiger partial charge is 0.406 e. The molecule has 0 N–H and O–H groups in total. The van der Waals surface area contributed by atoms with Crippen molar-refractivity contribution in [2.75, 3.05) is 4.90 Å². The molecule has 6 nitrogen and oxygen atoms in total. The van der Waals surface area contributed by atoms with Crippen molar-refractivity contribution in [3.05, 3.63) is 53.9 Å². The number of nitrogens with zero attached hydrogens (tertiary/aromatic N) is 3. The fourth-order valence-corrected chi connectivity index (χ4v) is 4.66. The fourth-order valence-electron chi connectivity index (χ4n) is 4.66. The zero-order chi connectivity index (χ0) is 23.8.